The first-order chi connectivity index (χ1) is 13.6. The molecule has 4 nitrogen and oxygen atoms in total. The van der Waals surface area contributed by atoms with Crippen LogP contribution in [0.3, 0.4) is 0 Å². The molecule has 1 saturated heterocycles. The smallest absolute Gasteiger partial charge is 0.255 e. The lowest BCUT2D eigenvalue weighted by atomic mass is 9.75. The average Bonchev–Trinajstić information content (AvgIpc) is 3.23. The second-order valence-corrected chi connectivity index (χ2v) is 7.32. The van der Waals surface area contributed by atoms with Crippen molar-refractivity contribution in [3.63, 3.8) is 0 Å². The first-order valence-electron chi connectivity index (χ1n) is 9.52. The third kappa shape index (κ3) is 3.10. The molecular weight excluding hydrogens is 355 g/mol. The van der Waals surface area contributed by atoms with Gasteiger partial charge < -0.3 is 10.0 Å². The molecule has 0 saturated carbocycles. The number of hydrogen-bond donors (Lipinski definition) is 1. The van der Waals surface area contributed by atoms with Gasteiger partial charge >= 0.3 is 0 Å². The third-order valence-electron chi connectivity index (χ3n) is 5.74. The van der Waals surface area contributed by atoms with E-state index in [1.165, 1.54) is 40.7 Å². The maximum absolute atomic E-state index is 13.5. The molecule has 1 heterocycles. The van der Waals surface area contributed by atoms with Crippen LogP contribution in [0.4, 0.5) is 4.39 Å². The second-order valence-electron chi connectivity index (χ2n) is 7.32. The van der Waals surface area contributed by atoms with Crippen LogP contribution in [-0.2, 0) is 0 Å². The summed E-state index contributed by atoms with van der Waals surface area (Å²) in [5.41, 5.74) is 3.64. The average molecular weight is 376 g/mol. The Balaban J connectivity index is 1.58. The minimum atomic E-state index is -0.690. The molecule has 0 bridgehead atoms. The Morgan fingerprint density at radius 1 is 1.25 bits per heavy atom. The lowest BCUT2D eigenvalue weighted by Crippen LogP contribution is -2.65. The van der Waals surface area contributed by atoms with Gasteiger partial charge in [0.15, 0.2) is 0 Å². The largest absolute Gasteiger partial charge is 0.394 e. The van der Waals surface area contributed by atoms with Crippen LogP contribution in [0.2, 0.25) is 0 Å². The summed E-state index contributed by atoms with van der Waals surface area (Å²) >= 11 is 0. The van der Waals surface area contributed by atoms with Gasteiger partial charge in [0.05, 0.1) is 18.7 Å². The van der Waals surface area contributed by atoms with E-state index in [2.05, 4.69) is 12.1 Å². The van der Waals surface area contributed by atoms with E-state index < -0.39 is 23.8 Å². The number of halogens is 1. The van der Waals surface area contributed by atoms with Crippen molar-refractivity contribution in [3.8, 4) is 6.07 Å². The van der Waals surface area contributed by atoms with Gasteiger partial charge in [-0.1, -0.05) is 36.4 Å². The molecule has 2 aromatic rings. The predicted octanol–water partition coefficient (Wildman–Crippen LogP) is 3.89. The summed E-state index contributed by atoms with van der Waals surface area (Å²) in [6.45, 7) is -0.253. The first-order valence-corrected chi connectivity index (χ1v) is 9.52. The van der Waals surface area contributed by atoms with E-state index >= 15 is 0 Å². The zero-order valence-corrected chi connectivity index (χ0v) is 15.4. The summed E-state index contributed by atoms with van der Waals surface area (Å²) in [6.07, 6.45) is 5.63. The van der Waals surface area contributed by atoms with E-state index in [-0.39, 0.29) is 18.1 Å². The fraction of sp³-hybridized carbons (Fsp3) is 0.304. The molecule has 1 aliphatic carbocycles. The van der Waals surface area contributed by atoms with E-state index in [4.69, 9.17) is 0 Å². The molecule has 2 aromatic carbocycles. The number of benzene rings is 2. The van der Waals surface area contributed by atoms with Crippen molar-refractivity contribution < 1.29 is 14.3 Å². The zero-order chi connectivity index (χ0) is 19.7. The van der Waals surface area contributed by atoms with E-state index in [9.17, 15) is 19.6 Å². The molecule has 5 heteroatoms. The van der Waals surface area contributed by atoms with Gasteiger partial charge in [-0.2, -0.15) is 5.26 Å². The van der Waals surface area contributed by atoms with Crippen LogP contribution in [0.5, 0.6) is 0 Å². The summed E-state index contributed by atoms with van der Waals surface area (Å²) < 4.78 is 13.5. The zero-order valence-electron chi connectivity index (χ0n) is 15.4. The van der Waals surface area contributed by atoms with Crippen molar-refractivity contribution in [3.05, 3.63) is 77.1 Å². The number of rotatable bonds is 4. The fourth-order valence-electron chi connectivity index (χ4n) is 4.31. The molecule has 1 aliphatic heterocycles. The summed E-state index contributed by atoms with van der Waals surface area (Å²) in [4.78, 5) is 14.2. The van der Waals surface area contributed by atoms with Crippen LogP contribution < -0.4 is 0 Å². The molecule has 0 unspecified atom stereocenters. The van der Waals surface area contributed by atoms with Crippen LogP contribution in [0, 0.1) is 17.1 Å². The van der Waals surface area contributed by atoms with Gasteiger partial charge in [0.1, 0.15) is 11.9 Å². The number of nitriles is 1. The van der Waals surface area contributed by atoms with Crippen molar-refractivity contribution in [1.82, 2.24) is 4.90 Å². The van der Waals surface area contributed by atoms with Gasteiger partial charge in [0.2, 0.25) is 0 Å². The van der Waals surface area contributed by atoms with Crippen LogP contribution in [-0.4, -0.2) is 34.6 Å². The molecule has 0 spiro atoms. The van der Waals surface area contributed by atoms with Crippen LogP contribution in [0.1, 0.15) is 46.7 Å². The molecule has 1 N–H and O–H groups in total. The van der Waals surface area contributed by atoms with Crippen molar-refractivity contribution in [2.45, 2.75) is 37.3 Å². The Hall–Kier alpha value is -2.97. The topological polar surface area (TPSA) is 64.3 Å². The molecule has 0 radical (unpaired) electrons. The molecule has 3 atom stereocenters. The van der Waals surface area contributed by atoms with Crippen molar-refractivity contribution in [2.75, 3.05) is 6.61 Å². The Kier molecular flexibility index (Phi) is 4.97. The highest BCUT2D eigenvalue weighted by atomic mass is 19.1. The number of allylic oxidation sites excluding steroid dienone is 2. The van der Waals surface area contributed by atoms with Gasteiger partial charge in [0.25, 0.3) is 5.91 Å². The van der Waals surface area contributed by atoms with E-state index in [1.54, 1.807) is 0 Å². The standard InChI is InChI=1S/C23H21FN2O2/c24-19-7-3-6-18(12-19)23(28)26-20(13-25)22(21(26)14-27)17-10-8-16(9-11-17)15-4-1-2-5-15/h3-4,6-12,20-22,27H,1-2,5,14H2/t20-,21-,22-/m1/s1. The van der Waals surface area contributed by atoms with Crippen LogP contribution in [0.15, 0.2) is 54.6 Å². The lowest BCUT2D eigenvalue weighted by molar-refractivity contribution is -0.00588. The summed E-state index contributed by atoms with van der Waals surface area (Å²) in [5, 5.41) is 19.6. The van der Waals surface area contributed by atoms with E-state index in [0.717, 1.165) is 24.5 Å². The number of likely N-dealkylation sites (tertiary alicyclic amines) is 1. The first kappa shape index (κ1) is 18.4. The highest BCUT2D eigenvalue weighted by Gasteiger charge is 2.51. The summed E-state index contributed by atoms with van der Waals surface area (Å²) in [7, 11) is 0. The maximum atomic E-state index is 13.5. The molecule has 142 valence electrons. The Labute approximate surface area is 163 Å². The quantitative estimate of drug-likeness (QED) is 0.881. The van der Waals surface area contributed by atoms with Crippen molar-refractivity contribution in [2.24, 2.45) is 0 Å². The molecular formula is C23H21FN2O2. The Morgan fingerprint density at radius 2 is 2.04 bits per heavy atom. The van der Waals surface area contributed by atoms with E-state index in [1.807, 2.05) is 24.3 Å². The Bertz CT molecular complexity index is 961. The van der Waals surface area contributed by atoms with Gasteiger partial charge in [-0.05, 0) is 54.2 Å². The predicted molar refractivity (Wildman–Crippen MR) is 104 cm³/mol. The molecule has 0 aromatic heterocycles. The number of aliphatic hydroxyl groups excluding tert-OH is 1. The number of nitrogens with zero attached hydrogens (tertiary/aromatic N) is 2. The molecule has 1 amide bonds. The highest BCUT2D eigenvalue weighted by molar-refractivity contribution is 5.95. The maximum Gasteiger partial charge on any atom is 0.255 e. The van der Waals surface area contributed by atoms with Gasteiger partial charge in [-0.25, -0.2) is 4.39 Å². The fourth-order valence-corrected chi connectivity index (χ4v) is 4.31. The number of hydrogen-bond acceptors (Lipinski definition) is 3. The Morgan fingerprint density at radius 3 is 2.64 bits per heavy atom. The minimum absolute atomic E-state index is 0.181. The van der Waals surface area contributed by atoms with Crippen molar-refractivity contribution in [1.29, 1.82) is 5.26 Å². The highest BCUT2D eigenvalue weighted by Crippen LogP contribution is 2.42. The van der Waals surface area contributed by atoms with Gasteiger partial charge in [-0.15, -0.1) is 0 Å². The minimum Gasteiger partial charge on any atom is -0.394 e. The third-order valence-corrected chi connectivity index (χ3v) is 5.74. The molecule has 1 fully saturated rings. The second kappa shape index (κ2) is 7.57. The summed E-state index contributed by atoms with van der Waals surface area (Å²) in [6, 6.07) is 14.5. The lowest BCUT2D eigenvalue weighted by Gasteiger charge is -2.51. The van der Waals surface area contributed by atoms with Gasteiger partial charge in [0, 0.05) is 11.5 Å². The molecule has 2 aliphatic rings. The van der Waals surface area contributed by atoms with Crippen molar-refractivity contribution >= 4 is 11.5 Å². The summed E-state index contributed by atoms with van der Waals surface area (Å²) in [5.74, 6) is -1.21. The van der Waals surface area contributed by atoms with Gasteiger partial charge in [-0.3, -0.25) is 4.79 Å². The monoisotopic (exact) mass is 376 g/mol. The number of carbonyl (C=O) groups excluding carboxylic acids is 1. The van der Waals surface area contributed by atoms with E-state index in [0.29, 0.717) is 0 Å². The number of carbonyl (C=O) groups is 1. The molecule has 28 heavy (non-hydrogen) atoms. The molecule has 4 rings (SSSR count). The van der Waals surface area contributed by atoms with Crippen LogP contribution >= 0.6 is 0 Å². The van der Waals surface area contributed by atoms with Crippen LogP contribution in [0.25, 0.3) is 5.57 Å². The normalized spacial score (nSPS) is 23.7. The number of amides is 1. The SMILES string of the molecule is N#C[C@@H]1[C@@H](c2ccc(C3=CCCC3)cc2)[C@@H](CO)N1C(=O)c1cccc(F)c1. The number of aliphatic hydroxyl groups is 1.